The van der Waals surface area contributed by atoms with Crippen LogP contribution in [0, 0.1) is 11.8 Å². The summed E-state index contributed by atoms with van der Waals surface area (Å²) in [6, 6.07) is 5.48. The first-order valence-corrected chi connectivity index (χ1v) is 12.6. The summed E-state index contributed by atoms with van der Waals surface area (Å²) in [6.07, 6.45) is -0.909. The number of nitrogens with zero attached hydrogens (tertiary/aromatic N) is 1. The van der Waals surface area contributed by atoms with E-state index in [2.05, 4.69) is 17.4 Å². The van der Waals surface area contributed by atoms with Crippen molar-refractivity contribution in [3.63, 3.8) is 0 Å². The van der Waals surface area contributed by atoms with Gasteiger partial charge in [0.25, 0.3) is 0 Å². The number of phenolic OH excluding ortho intramolecular Hbond substituents is 1. The lowest BCUT2D eigenvalue weighted by Gasteiger charge is -2.49. The molecule has 2 aromatic rings. The second-order valence-corrected chi connectivity index (χ2v) is 11.3. The molecule has 1 fully saturated rings. The smallest absolute Gasteiger partial charge is 0.410 e. The minimum absolute atomic E-state index is 0.0218. The van der Waals surface area contributed by atoms with E-state index in [4.69, 9.17) is 9.26 Å². The highest BCUT2D eigenvalue weighted by atomic mass is 19.4. The SMILES string of the molecule is CCCc1cc(Cc2cc(O)c3c(c2)OC(C)(C)C2CCC(C(=O)NC(C)(C)C(F)(F)F)CC32)no1. The van der Waals surface area contributed by atoms with Crippen LogP contribution in [0.4, 0.5) is 13.2 Å². The molecule has 1 aliphatic carbocycles. The lowest BCUT2D eigenvalue weighted by Crippen LogP contribution is -2.56. The van der Waals surface area contributed by atoms with Crippen LogP contribution >= 0.6 is 0 Å². The van der Waals surface area contributed by atoms with Crippen molar-refractivity contribution in [3.8, 4) is 11.5 Å². The van der Waals surface area contributed by atoms with Gasteiger partial charge in [-0.25, -0.2) is 0 Å². The summed E-state index contributed by atoms with van der Waals surface area (Å²) in [5, 5.41) is 17.4. The highest BCUT2D eigenvalue weighted by Gasteiger charge is 2.52. The number of halogens is 3. The zero-order chi connectivity index (χ0) is 26.5. The van der Waals surface area contributed by atoms with Crippen molar-refractivity contribution >= 4 is 5.91 Å². The topological polar surface area (TPSA) is 84.6 Å². The molecule has 9 heteroatoms. The third-order valence-electron chi connectivity index (χ3n) is 7.67. The van der Waals surface area contributed by atoms with Crippen LogP contribution in [0.25, 0.3) is 0 Å². The van der Waals surface area contributed by atoms with Gasteiger partial charge in [0.15, 0.2) is 0 Å². The molecule has 1 saturated carbocycles. The Balaban J connectivity index is 1.59. The van der Waals surface area contributed by atoms with Gasteiger partial charge in [0.05, 0.1) is 5.69 Å². The highest BCUT2D eigenvalue weighted by molar-refractivity contribution is 5.80. The molecule has 2 heterocycles. The van der Waals surface area contributed by atoms with E-state index in [1.54, 1.807) is 6.07 Å². The molecule has 198 valence electrons. The molecular weight excluding hydrogens is 473 g/mol. The van der Waals surface area contributed by atoms with Gasteiger partial charge in [-0.05, 0) is 77.0 Å². The number of benzene rings is 1. The maximum atomic E-state index is 13.3. The van der Waals surface area contributed by atoms with Crippen molar-refractivity contribution in [3.05, 3.63) is 40.8 Å². The van der Waals surface area contributed by atoms with Gasteiger partial charge in [0.1, 0.15) is 28.4 Å². The Morgan fingerprint density at radius 1 is 1.22 bits per heavy atom. The Hall–Kier alpha value is -2.71. The predicted molar refractivity (Wildman–Crippen MR) is 128 cm³/mol. The van der Waals surface area contributed by atoms with E-state index >= 15 is 0 Å². The van der Waals surface area contributed by atoms with Crippen LogP contribution in [0.1, 0.15) is 88.8 Å². The Bertz CT molecular complexity index is 1120. The van der Waals surface area contributed by atoms with Crippen LogP contribution < -0.4 is 10.1 Å². The molecule has 2 N–H and O–H groups in total. The second kappa shape index (κ2) is 9.30. The minimum atomic E-state index is -4.55. The van der Waals surface area contributed by atoms with E-state index < -0.39 is 29.1 Å². The Morgan fingerprint density at radius 3 is 2.61 bits per heavy atom. The van der Waals surface area contributed by atoms with E-state index in [1.807, 2.05) is 26.0 Å². The van der Waals surface area contributed by atoms with Gasteiger partial charge in [0.2, 0.25) is 5.91 Å². The predicted octanol–water partition coefficient (Wildman–Crippen LogP) is 6.05. The number of ether oxygens (including phenoxy) is 1. The molecule has 3 atom stereocenters. The number of aromatic hydroxyl groups is 1. The summed E-state index contributed by atoms with van der Waals surface area (Å²) in [6.45, 7) is 7.97. The normalized spacial score (nSPS) is 23.4. The number of hydrogen-bond donors (Lipinski definition) is 2. The van der Waals surface area contributed by atoms with E-state index in [9.17, 15) is 23.1 Å². The molecule has 36 heavy (non-hydrogen) atoms. The zero-order valence-electron chi connectivity index (χ0n) is 21.5. The average Bonchev–Trinajstić information content (AvgIpc) is 3.18. The van der Waals surface area contributed by atoms with Crippen molar-refractivity contribution in [2.75, 3.05) is 0 Å². The number of hydrogen-bond acceptors (Lipinski definition) is 5. The number of rotatable bonds is 6. The van der Waals surface area contributed by atoms with Gasteiger partial charge in [0, 0.05) is 36.3 Å². The Morgan fingerprint density at radius 2 is 1.94 bits per heavy atom. The molecule has 1 amide bonds. The number of aryl methyl sites for hydroxylation is 1. The number of fused-ring (bicyclic) bond motifs is 3. The number of aromatic nitrogens is 1. The van der Waals surface area contributed by atoms with Crippen LogP contribution in [0.3, 0.4) is 0 Å². The molecule has 1 aromatic carbocycles. The average molecular weight is 509 g/mol. The summed E-state index contributed by atoms with van der Waals surface area (Å²) < 4.78 is 51.7. The number of nitrogens with one attached hydrogen (secondary N) is 1. The van der Waals surface area contributed by atoms with Gasteiger partial charge in [-0.1, -0.05) is 12.1 Å². The summed E-state index contributed by atoms with van der Waals surface area (Å²) in [7, 11) is 0. The maximum absolute atomic E-state index is 13.3. The summed E-state index contributed by atoms with van der Waals surface area (Å²) in [4.78, 5) is 12.9. The van der Waals surface area contributed by atoms with E-state index in [1.165, 1.54) is 0 Å². The molecule has 6 nitrogen and oxygen atoms in total. The summed E-state index contributed by atoms with van der Waals surface area (Å²) in [5.74, 6) is 0.0582. The molecule has 0 bridgehead atoms. The van der Waals surface area contributed by atoms with Gasteiger partial charge in [-0.2, -0.15) is 13.2 Å². The molecule has 2 aliphatic rings. The second-order valence-electron chi connectivity index (χ2n) is 11.3. The fraction of sp³-hybridized carbons (Fsp3) is 0.630. The van der Waals surface area contributed by atoms with Crippen molar-refractivity contribution in [1.29, 1.82) is 0 Å². The fourth-order valence-electron chi connectivity index (χ4n) is 5.64. The number of carbonyl (C=O) groups excluding carboxylic acids is 1. The number of phenols is 1. The third-order valence-corrected chi connectivity index (χ3v) is 7.67. The van der Waals surface area contributed by atoms with E-state index in [0.717, 1.165) is 43.7 Å². The fourth-order valence-corrected chi connectivity index (χ4v) is 5.64. The number of alkyl halides is 3. The van der Waals surface area contributed by atoms with Crippen molar-refractivity contribution in [2.24, 2.45) is 11.8 Å². The standard InChI is InChI=1S/C27H35F3N2O4/c1-6-7-18-14-17(32-36-18)10-15-11-21(33)23-19-13-16(24(34)31-26(4,5)27(28,29)30)8-9-20(19)25(2,3)35-22(23)12-15/h11-12,14,16,19-20,33H,6-10,13H2,1-5H3,(H,31,34). The van der Waals surface area contributed by atoms with Crippen LogP contribution in [-0.2, 0) is 17.6 Å². The molecule has 0 spiro atoms. The summed E-state index contributed by atoms with van der Waals surface area (Å²) in [5.41, 5.74) is -0.677. The summed E-state index contributed by atoms with van der Waals surface area (Å²) >= 11 is 0. The quantitative estimate of drug-likeness (QED) is 0.496. The first kappa shape index (κ1) is 26.4. The van der Waals surface area contributed by atoms with Gasteiger partial charge >= 0.3 is 6.18 Å². The lowest BCUT2D eigenvalue weighted by molar-refractivity contribution is -0.189. The van der Waals surface area contributed by atoms with E-state index in [0.29, 0.717) is 37.0 Å². The Kier molecular flexibility index (Phi) is 6.81. The van der Waals surface area contributed by atoms with Gasteiger partial charge in [-0.15, -0.1) is 0 Å². The first-order valence-electron chi connectivity index (χ1n) is 12.6. The number of amides is 1. The molecule has 1 aromatic heterocycles. The lowest BCUT2D eigenvalue weighted by atomic mass is 9.63. The highest BCUT2D eigenvalue weighted by Crippen LogP contribution is 2.55. The first-order chi connectivity index (χ1) is 16.7. The van der Waals surface area contributed by atoms with Crippen LogP contribution in [-0.4, -0.2) is 33.5 Å². The molecule has 3 unspecified atom stereocenters. The van der Waals surface area contributed by atoms with Gasteiger partial charge < -0.3 is 19.7 Å². The Labute approximate surface area is 209 Å². The minimum Gasteiger partial charge on any atom is -0.508 e. The van der Waals surface area contributed by atoms with E-state index in [-0.39, 0.29) is 17.6 Å². The zero-order valence-corrected chi connectivity index (χ0v) is 21.5. The van der Waals surface area contributed by atoms with Crippen molar-refractivity contribution in [1.82, 2.24) is 10.5 Å². The van der Waals surface area contributed by atoms with Gasteiger partial charge in [-0.3, -0.25) is 4.79 Å². The number of carbonyl (C=O) groups is 1. The molecule has 0 saturated heterocycles. The third kappa shape index (κ3) is 5.06. The van der Waals surface area contributed by atoms with Crippen LogP contribution in [0.5, 0.6) is 11.5 Å². The van der Waals surface area contributed by atoms with Crippen LogP contribution in [0.2, 0.25) is 0 Å². The maximum Gasteiger partial charge on any atom is 0.410 e. The molecule has 1 aliphatic heterocycles. The molecule has 0 radical (unpaired) electrons. The molecule has 4 rings (SSSR count). The molecular formula is C27H35F3N2O4. The largest absolute Gasteiger partial charge is 0.508 e. The van der Waals surface area contributed by atoms with Crippen molar-refractivity contribution in [2.45, 2.75) is 96.4 Å². The van der Waals surface area contributed by atoms with Crippen molar-refractivity contribution < 1.29 is 32.3 Å². The van der Waals surface area contributed by atoms with Crippen LogP contribution in [0.15, 0.2) is 22.7 Å². The monoisotopic (exact) mass is 508 g/mol.